The third-order valence-electron chi connectivity index (χ3n) is 7.29. The lowest BCUT2D eigenvalue weighted by molar-refractivity contribution is -0.161. The number of amidine groups is 1. The molecule has 0 aromatic heterocycles. The number of carbonyl (C=O) groups is 6. The molecule has 2 aromatic rings. The van der Waals surface area contributed by atoms with Gasteiger partial charge in [-0.15, -0.1) is 0 Å². The van der Waals surface area contributed by atoms with Gasteiger partial charge in [-0.1, -0.05) is 24.3 Å². The average Bonchev–Trinajstić information content (AvgIpc) is 3.04. The number of piperazine rings is 1. The van der Waals surface area contributed by atoms with Crippen molar-refractivity contribution >= 4 is 41.4 Å². The number of nitrogen functional groups attached to an aromatic ring is 1. The van der Waals surface area contributed by atoms with Gasteiger partial charge in [-0.2, -0.15) is 0 Å². The van der Waals surface area contributed by atoms with Crippen LogP contribution in [0, 0.1) is 5.41 Å². The molecule has 4 amide bonds. The molecular formula is C31H38N6O9. The number of nitrogens with zero attached hydrogens (tertiary/aromatic N) is 3. The van der Waals surface area contributed by atoms with Crippen molar-refractivity contribution in [2.75, 3.05) is 54.6 Å². The Morgan fingerprint density at radius 3 is 2.17 bits per heavy atom. The number of likely N-dealkylation sites (N-methyl/N-ethyl adjacent to an activating group) is 1. The predicted molar refractivity (Wildman–Crippen MR) is 164 cm³/mol. The molecule has 2 aromatic carbocycles. The molecule has 2 atom stereocenters. The van der Waals surface area contributed by atoms with Gasteiger partial charge in [-0.3, -0.25) is 34.2 Å². The Balaban J connectivity index is 1.86. The number of hydrogen-bond acceptors (Lipinski definition) is 10. The molecule has 0 radical (unpaired) electrons. The Morgan fingerprint density at radius 2 is 1.61 bits per heavy atom. The molecule has 4 N–H and O–H groups in total. The molecule has 1 heterocycles. The van der Waals surface area contributed by atoms with Crippen molar-refractivity contribution in [3.05, 3.63) is 65.2 Å². The van der Waals surface area contributed by atoms with E-state index in [1.54, 1.807) is 24.3 Å². The van der Waals surface area contributed by atoms with E-state index in [9.17, 15) is 28.8 Å². The SMILES string of the molecule is COC(=O)C[C@H]1C(=O)N(CC(=O)OCC(=O)N(C)C)CCN1C(=O)[C@H](Cc1ccc(OC)cc1)NC(=O)c1ccc(C(=N)N)cc1. The van der Waals surface area contributed by atoms with E-state index in [4.69, 9.17) is 25.4 Å². The number of ether oxygens (including phenoxy) is 3. The topological polar surface area (TPSA) is 202 Å². The summed E-state index contributed by atoms with van der Waals surface area (Å²) in [5.74, 6) is -3.55. The maximum Gasteiger partial charge on any atom is 0.326 e. The minimum absolute atomic E-state index is 0.0334. The van der Waals surface area contributed by atoms with Crippen molar-refractivity contribution in [2.45, 2.75) is 24.9 Å². The highest BCUT2D eigenvalue weighted by Crippen LogP contribution is 2.20. The number of rotatable bonds is 13. The van der Waals surface area contributed by atoms with Gasteiger partial charge < -0.3 is 40.0 Å². The van der Waals surface area contributed by atoms with Crippen LogP contribution in [-0.2, 0) is 39.9 Å². The van der Waals surface area contributed by atoms with Gasteiger partial charge in [-0.25, -0.2) is 0 Å². The molecular weight excluding hydrogens is 600 g/mol. The van der Waals surface area contributed by atoms with E-state index >= 15 is 0 Å². The Kier molecular flexibility index (Phi) is 12.2. The molecule has 15 heteroatoms. The lowest BCUT2D eigenvalue weighted by atomic mass is 10.0. The molecule has 0 unspecified atom stereocenters. The molecule has 0 spiro atoms. The number of carbonyl (C=O) groups excluding carboxylic acids is 6. The first-order chi connectivity index (χ1) is 21.8. The summed E-state index contributed by atoms with van der Waals surface area (Å²) in [5.41, 5.74) is 6.81. The van der Waals surface area contributed by atoms with E-state index < -0.39 is 67.2 Å². The van der Waals surface area contributed by atoms with Gasteiger partial charge >= 0.3 is 11.9 Å². The van der Waals surface area contributed by atoms with Gasteiger partial charge in [0.15, 0.2) is 6.61 Å². The molecule has 1 saturated heterocycles. The van der Waals surface area contributed by atoms with Crippen LogP contribution >= 0.6 is 0 Å². The van der Waals surface area contributed by atoms with E-state index in [0.717, 1.165) is 12.0 Å². The normalized spacial score (nSPS) is 15.0. The van der Waals surface area contributed by atoms with Crippen molar-refractivity contribution in [1.29, 1.82) is 5.41 Å². The van der Waals surface area contributed by atoms with Crippen molar-refractivity contribution in [3.63, 3.8) is 0 Å². The molecule has 246 valence electrons. The van der Waals surface area contributed by atoms with Crippen LogP contribution in [0.15, 0.2) is 48.5 Å². The first-order valence-electron chi connectivity index (χ1n) is 14.2. The van der Waals surface area contributed by atoms with E-state index in [-0.39, 0.29) is 30.9 Å². The summed E-state index contributed by atoms with van der Waals surface area (Å²) < 4.78 is 15.0. The number of amides is 4. The third-order valence-corrected chi connectivity index (χ3v) is 7.29. The fourth-order valence-corrected chi connectivity index (χ4v) is 4.61. The maximum absolute atomic E-state index is 14.1. The van der Waals surface area contributed by atoms with E-state index in [1.165, 1.54) is 55.3 Å². The summed E-state index contributed by atoms with van der Waals surface area (Å²) in [6.45, 7) is -1.15. The summed E-state index contributed by atoms with van der Waals surface area (Å²) in [5, 5.41) is 10.3. The second kappa shape index (κ2) is 16.0. The zero-order valence-electron chi connectivity index (χ0n) is 26.1. The summed E-state index contributed by atoms with van der Waals surface area (Å²) in [6, 6.07) is 10.3. The van der Waals surface area contributed by atoms with Crippen molar-refractivity contribution < 1.29 is 43.0 Å². The van der Waals surface area contributed by atoms with Crippen LogP contribution in [0.5, 0.6) is 5.75 Å². The second-order valence-electron chi connectivity index (χ2n) is 10.6. The maximum atomic E-state index is 14.1. The van der Waals surface area contributed by atoms with Crippen LogP contribution < -0.4 is 15.8 Å². The van der Waals surface area contributed by atoms with Crippen molar-refractivity contribution in [3.8, 4) is 5.75 Å². The Bertz CT molecular complexity index is 1460. The fourth-order valence-electron chi connectivity index (χ4n) is 4.61. The summed E-state index contributed by atoms with van der Waals surface area (Å²) in [4.78, 5) is 81.1. The van der Waals surface area contributed by atoms with Crippen molar-refractivity contribution in [2.24, 2.45) is 5.73 Å². The fraction of sp³-hybridized carbons (Fsp3) is 0.387. The zero-order chi connectivity index (χ0) is 34.0. The number of nitrogens with two attached hydrogens (primary N) is 1. The smallest absolute Gasteiger partial charge is 0.326 e. The number of hydrogen-bond donors (Lipinski definition) is 3. The molecule has 15 nitrogen and oxygen atoms in total. The molecule has 0 aliphatic carbocycles. The Hall–Kier alpha value is -5.47. The Labute approximate surface area is 266 Å². The minimum Gasteiger partial charge on any atom is -0.497 e. The van der Waals surface area contributed by atoms with Gasteiger partial charge in [0.25, 0.3) is 11.8 Å². The number of esters is 2. The number of methoxy groups -OCH3 is 2. The molecule has 1 aliphatic rings. The minimum atomic E-state index is -1.34. The van der Waals surface area contributed by atoms with Crippen LogP contribution in [0.2, 0.25) is 0 Å². The first kappa shape index (κ1) is 35.0. The monoisotopic (exact) mass is 638 g/mol. The zero-order valence-corrected chi connectivity index (χ0v) is 26.1. The van der Waals surface area contributed by atoms with Gasteiger partial charge in [-0.05, 0) is 29.8 Å². The highest BCUT2D eigenvalue weighted by Gasteiger charge is 2.42. The first-order valence-corrected chi connectivity index (χ1v) is 14.2. The number of benzene rings is 2. The molecule has 0 bridgehead atoms. The molecule has 46 heavy (non-hydrogen) atoms. The van der Waals surface area contributed by atoms with Crippen LogP contribution in [-0.4, -0.2) is 123 Å². The molecule has 3 rings (SSSR count). The third kappa shape index (κ3) is 9.27. The summed E-state index contributed by atoms with van der Waals surface area (Å²) >= 11 is 0. The molecule has 0 saturated carbocycles. The highest BCUT2D eigenvalue weighted by atomic mass is 16.5. The second-order valence-corrected chi connectivity index (χ2v) is 10.6. The highest BCUT2D eigenvalue weighted by molar-refractivity contribution is 6.01. The summed E-state index contributed by atoms with van der Waals surface area (Å²) in [6.07, 6.45) is -0.465. The predicted octanol–water partition coefficient (Wildman–Crippen LogP) is -0.446. The quantitative estimate of drug-likeness (QED) is 0.147. The largest absolute Gasteiger partial charge is 0.497 e. The standard InChI is InChI=1S/C31H38N6O9/c1-35(2)25(38)18-46-27(40)17-36-13-14-37(24(31(36)43)16-26(39)45-4)30(42)23(15-19-5-11-22(44-3)12-6-19)34-29(41)21-9-7-20(8-10-21)28(32)33/h5-12,23-24H,13-18H2,1-4H3,(H3,32,33)(H,34,41)/t23-,24-/m0/s1. The van der Waals surface area contributed by atoms with E-state index in [2.05, 4.69) is 5.32 Å². The molecule has 1 fully saturated rings. The lowest BCUT2D eigenvalue weighted by Gasteiger charge is -2.41. The van der Waals surface area contributed by atoms with Crippen LogP contribution in [0.3, 0.4) is 0 Å². The summed E-state index contributed by atoms with van der Waals surface area (Å²) in [7, 11) is 5.66. The lowest BCUT2D eigenvalue weighted by Crippen LogP contribution is -2.63. The Morgan fingerprint density at radius 1 is 0.978 bits per heavy atom. The molecule has 1 aliphatic heterocycles. The van der Waals surface area contributed by atoms with E-state index in [1.807, 2.05) is 0 Å². The van der Waals surface area contributed by atoms with Gasteiger partial charge in [0, 0.05) is 44.7 Å². The van der Waals surface area contributed by atoms with Crippen LogP contribution in [0.4, 0.5) is 0 Å². The van der Waals surface area contributed by atoms with Gasteiger partial charge in [0.2, 0.25) is 11.8 Å². The van der Waals surface area contributed by atoms with Crippen LogP contribution in [0.1, 0.15) is 27.9 Å². The van der Waals surface area contributed by atoms with E-state index in [0.29, 0.717) is 16.9 Å². The van der Waals surface area contributed by atoms with Gasteiger partial charge in [0.1, 0.15) is 30.2 Å². The van der Waals surface area contributed by atoms with Crippen LogP contribution in [0.25, 0.3) is 0 Å². The van der Waals surface area contributed by atoms with Crippen molar-refractivity contribution in [1.82, 2.24) is 20.0 Å². The van der Waals surface area contributed by atoms with Gasteiger partial charge in [0.05, 0.1) is 20.6 Å². The average molecular weight is 639 g/mol. The number of nitrogens with one attached hydrogen (secondary N) is 2.